The zero-order chi connectivity index (χ0) is 10.1. The number of hydrogen-bond acceptors (Lipinski definition) is 3. The molecule has 1 rings (SSSR count). The smallest absolute Gasteiger partial charge is 0.281 e. The first-order valence-corrected chi connectivity index (χ1v) is 5.79. The van der Waals surface area contributed by atoms with Gasteiger partial charge in [0.1, 0.15) is 0 Å². The van der Waals surface area contributed by atoms with E-state index in [1.54, 1.807) is 14.1 Å². The molecule has 1 atom stereocenters. The van der Waals surface area contributed by atoms with Crippen LogP contribution in [0.2, 0.25) is 0 Å². The second-order valence-corrected chi connectivity index (χ2v) is 5.53. The summed E-state index contributed by atoms with van der Waals surface area (Å²) in [5.41, 5.74) is 5.50. The van der Waals surface area contributed by atoms with Crippen LogP contribution < -0.4 is 5.73 Å². The molecule has 0 aromatic rings. The Morgan fingerprint density at radius 3 is 2.62 bits per heavy atom. The molecule has 0 amide bonds. The Morgan fingerprint density at radius 2 is 2.15 bits per heavy atom. The molecule has 5 nitrogen and oxygen atoms in total. The summed E-state index contributed by atoms with van der Waals surface area (Å²) < 4.78 is 26.1. The monoisotopic (exact) mass is 207 g/mol. The van der Waals surface area contributed by atoms with E-state index in [4.69, 9.17) is 5.73 Å². The molecule has 2 N–H and O–H groups in total. The van der Waals surface area contributed by atoms with Gasteiger partial charge in [-0.15, -0.1) is 0 Å². The van der Waals surface area contributed by atoms with Crippen molar-refractivity contribution in [1.82, 2.24) is 8.61 Å². The van der Waals surface area contributed by atoms with Gasteiger partial charge < -0.3 is 5.73 Å². The molecule has 13 heavy (non-hydrogen) atoms. The zero-order valence-electron chi connectivity index (χ0n) is 8.10. The van der Waals surface area contributed by atoms with Crippen LogP contribution in [0.3, 0.4) is 0 Å². The molecule has 0 spiro atoms. The van der Waals surface area contributed by atoms with Crippen molar-refractivity contribution >= 4 is 10.2 Å². The summed E-state index contributed by atoms with van der Waals surface area (Å²) in [6, 6.07) is -0.00704. The Hall–Kier alpha value is -0.170. The number of nitrogens with two attached hydrogens (primary N) is 1. The zero-order valence-corrected chi connectivity index (χ0v) is 8.92. The molecule has 0 unspecified atom stereocenters. The molecule has 0 aromatic heterocycles. The van der Waals surface area contributed by atoms with Crippen LogP contribution in [0.25, 0.3) is 0 Å². The molecule has 1 aliphatic heterocycles. The van der Waals surface area contributed by atoms with Crippen molar-refractivity contribution in [2.75, 3.05) is 27.2 Å². The SMILES string of the molecule is CN(C)S(=O)(=O)N1CCC[C@H]1CN. The van der Waals surface area contributed by atoms with E-state index in [1.807, 2.05) is 0 Å². The van der Waals surface area contributed by atoms with Gasteiger partial charge in [-0.2, -0.15) is 17.0 Å². The van der Waals surface area contributed by atoms with Crippen LogP contribution in [0.1, 0.15) is 12.8 Å². The van der Waals surface area contributed by atoms with Crippen LogP contribution in [0.5, 0.6) is 0 Å². The lowest BCUT2D eigenvalue weighted by atomic mass is 10.2. The third-order valence-electron chi connectivity index (χ3n) is 2.35. The fourth-order valence-electron chi connectivity index (χ4n) is 1.56. The molecule has 1 heterocycles. The van der Waals surface area contributed by atoms with Crippen molar-refractivity contribution in [2.45, 2.75) is 18.9 Å². The van der Waals surface area contributed by atoms with Crippen molar-refractivity contribution in [3.63, 3.8) is 0 Å². The van der Waals surface area contributed by atoms with Gasteiger partial charge in [0.2, 0.25) is 0 Å². The Bertz CT molecular complexity index is 263. The molecule has 6 heteroatoms. The van der Waals surface area contributed by atoms with Crippen LogP contribution in [-0.2, 0) is 10.2 Å². The minimum Gasteiger partial charge on any atom is -0.329 e. The van der Waals surface area contributed by atoms with Gasteiger partial charge in [0.25, 0.3) is 10.2 Å². The van der Waals surface area contributed by atoms with E-state index in [1.165, 1.54) is 8.61 Å². The molecule has 0 saturated carbocycles. The highest BCUT2D eigenvalue weighted by atomic mass is 32.2. The first-order chi connectivity index (χ1) is 6.00. The van der Waals surface area contributed by atoms with E-state index in [0.717, 1.165) is 12.8 Å². The number of hydrogen-bond donors (Lipinski definition) is 1. The number of rotatable bonds is 3. The fourth-order valence-corrected chi connectivity index (χ4v) is 2.91. The molecule has 0 radical (unpaired) electrons. The van der Waals surface area contributed by atoms with Crippen LogP contribution in [0.4, 0.5) is 0 Å². The molecular weight excluding hydrogens is 190 g/mol. The van der Waals surface area contributed by atoms with Gasteiger partial charge in [0.15, 0.2) is 0 Å². The van der Waals surface area contributed by atoms with Gasteiger partial charge in [0, 0.05) is 33.2 Å². The first-order valence-electron chi connectivity index (χ1n) is 4.39. The molecule has 1 saturated heterocycles. The molecular formula is C7H17N3O2S. The predicted octanol–water partition coefficient (Wildman–Crippen LogP) is -0.784. The normalized spacial score (nSPS) is 25.7. The quantitative estimate of drug-likeness (QED) is 0.660. The molecule has 78 valence electrons. The average Bonchev–Trinajstić information content (AvgIpc) is 2.51. The summed E-state index contributed by atoms with van der Waals surface area (Å²) in [6.07, 6.45) is 1.79. The Kier molecular flexibility index (Phi) is 3.28. The minimum atomic E-state index is -3.25. The number of nitrogens with zero attached hydrogens (tertiary/aromatic N) is 2. The fraction of sp³-hybridized carbons (Fsp3) is 1.00. The van der Waals surface area contributed by atoms with Crippen LogP contribution in [0, 0.1) is 0 Å². The summed E-state index contributed by atoms with van der Waals surface area (Å²) in [4.78, 5) is 0. The average molecular weight is 207 g/mol. The van der Waals surface area contributed by atoms with E-state index < -0.39 is 10.2 Å². The largest absolute Gasteiger partial charge is 0.329 e. The van der Waals surface area contributed by atoms with E-state index in [2.05, 4.69) is 0 Å². The molecule has 0 aromatic carbocycles. The van der Waals surface area contributed by atoms with Crippen LogP contribution in [0.15, 0.2) is 0 Å². The maximum Gasteiger partial charge on any atom is 0.281 e. The Balaban J connectivity index is 2.82. The van der Waals surface area contributed by atoms with Gasteiger partial charge in [-0.3, -0.25) is 0 Å². The third-order valence-corrected chi connectivity index (χ3v) is 4.35. The van der Waals surface area contributed by atoms with Crippen molar-refractivity contribution in [3.05, 3.63) is 0 Å². The van der Waals surface area contributed by atoms with Crippen molar-refractivity contribution in [1.29, 1.82) is 0 Å². The van der Waals surface area contributed by atoms with E-state index in [-0.39, 0.29) is 6.04 Å². The minimum absolute atomic E-state index is 0.00704. The molecule has 0 aliphatic carbocycles. The summed E-state index contributed by atoms with van der Waals surface area (Å²) in [6.45, 7) is 1.01. The van der Waals surface area contributed by atoms with Gasteiger partial charge in [-0.1, -0.05) is 0 Å². The lowest BCUT2D eigenvalue weighted by molar-refractivity contribution is 0.361. The topological polar surface area (TPSA) is 66.6 Å². The van der Waals surface area contributed by atoms with Crippen LogP contribution in [-0.4, -0.2) is 50.3 Å². The summed E-state index contributed by atoms with van der Waals surface area (Å²) in [5, 5.41) is 0. The highest BCUT2D eigenvalue weighted by Crippen LogP contribution is 2.20. The Morgan fingerprint density at radius 1 is 1.54 bits per heavy atom. The molecule has 1 fully saturated rings. The van der Waals surface area contributed by atoms with Crippen molar-refractivity contribution < 1.29 is 8.42 Å². The lowest BCUT2D eigenvalue weighted by Gasteiger charge is -2.25. The maximum absolute atomic E-state index is 11.7. The summed E-state index contributed by atoms with van der Waals surface area (Å²) in [7, 11) is -0.165. The van der Waals surface area contributed by atoms with Gasteiger partial charge in [0.05, 0.1) is 0 Å². The molecule has 0 bridgehead atoms. The Labute approximate surface area is 79.7 Å². The van der Waals surface area contributed by atoms with Crippen molar-refractivity contribution in [3.8, 4) is 0 Å². The lowest BCUT2D eigenvalue weighted by Crippen LogP contribution is -2.45. The highest BCUT2D eigenvalue weighted by molar-refractivity contribution is 7.86. The van der Waals surface area contributed by atoms with E-state index in [0.29, 0.717) is 13.1 Å². The second kappa shape index (κ2) is 3.91. The van der Waals surface area contributed by atoms with Gasteiger partial charge in [-0.05, 0) is 12.8 Å². The standard InChI is InChI=1S/C7H17N3O2S/c1-9(2)13(11,12)10-5-3-4-7(10)6-8/h7H,3-6,8H2,1-2H3/t7-/m0/s1. The maximum atomic E-state index is 11.7. The van der Waals surface area contributed by atoms with E-state index in [9.17, 15) is 8.42 Å². The third kappa shape index (κ3) is 2.01. The summed E-state index contributed by atoms with van der Waals surface area (Å²) in [5.74, 6) is 0. The first kappa shape index (κ1) is 10.9. The van der Waals surface area contributed by atoms with Crippen LogP contribution >= 0.6 is 0 Å². The van der Waals surface area contributed by atoms with Gasteiger partial charge >= 0.3 is 0 Å². The predicted molar refractivity (Wildman–Crippen MR) is 51.4 cm³/mol. The molecule has 1 aliphatic rings. The van der Waals surface area contributed by atoms with Gasteiger partial charge in [-0.25, -0.2) is 0 Å². The summed E-state index contributed by atoms with van der Waals surface area (Å²) >= 11 is 0. The van der Waals surface area contributed by atoms with Crippen molar-refractivity contribution in [2.24, 2.45) is 5.73 Å². The second-order valence-electron chi connectivity index (χ2n) is 3.43. The highest BCUT2D eigenvalue weighted by Gasteiger charge is 2.34. The van der Waals surface area contributed by atoms with E-state index >= 15 is 0 Å².